The van der Waals surface area contributed by atoms with E-state index in [1.54, 1.807) is 31.2 Å². The third-order valence-electron chi connectivity index (χ3n) is 2.18. The normalized spacial score (nSPS) is 11.5. The molecule has 0 unspecified atom stereocenters. The summed E-state index contributed by atoms with van der Waals surface area (Å²) in [5, 5.41) is 20.0. The van der Waals surface area contributed by atoms with E-state index in [9.17, 15) is 4.79 Å². The third kappa shape index (κ3) is 4.53. The van der Waals surface area contributed by atoms with Crippen molar-refractivity contribution < 1.29 is 14.6 Å². The molecule has 0 amide bonds. The minimum absolute atomic E-state index is 0.378. The van der Waals surface area contributed by atoms with Gasteiger partial charge in [-0.25, -0.2) is 0 Å². The first kappa shape index (κ1) is 13.0. The van der Waals surface area contributed by atoms with Crippen LogP contribution in [0.5, 0.6) is 5.75 Å². The molecule has 0 aliphatic heterocycles. The smallest absolute Gasteiger partial charge is 0.320 e. The maximum Gasteiger partial charge on any atom is 0.320 e. The summed E-state index contributed by atoms with van der Waals surface area (Å²) in [6.07, 6.45) is 0. The van der Waals surface area contributed by atoms with Gasteiger partial charge in [-0.3, -0.25) is 4.79 Å². The molecule has 0 saturated heterocycles. The number of aliphatic carboxylic acids is 1. The summed E-state index contributed by atoms with van der Waals surface area (Å²) in [6.45, 7) is 2.40. The van der Waals surface area contributed by atoms with E-state index >= 15 is 0 Å². The zero-order valence-electron chi connectivity index (χ0n) is 9.51. The molecule has 0 aromatic heterocycles. The molecule has 0 bridgehead atoms. The van der Waals surface area contributed by atoms with E-state index in [0.717, 1.165) is 0 Å². The van der Waals surface area contributed by atoms with Gasteiger partial charge in [0.2, 0.25) is 0 Å². The topological polar surface area (TPSA) is 82.3 Å². The second-order valence-corrected chi connectivity index (χ2v) is 3.50. The number of ether oxygens (including phenoxy) is 1. The van der Waals surface area contributed by atoms with Crippen molar-refractivity contribution in [2.45, 2.75) is 13.0 Å². The Hall–Kier alpha value is -2.06. The molecule has 5 nitrogen and oxygen atoms in total. The minimum atomic E-state index is -0.886. The van der Waals surface area contributed by atoms with Gasteiger partial charge in [0, 0.05) is 6.54 Å². The molecular weight excluding hydrogens is 220 g/mol. The summed E-state index contributed by atoms with van der Waals surface area (Å²) in [5.74, 6) is -0.225. The fraction of sp³-hybridized carbons (Fsp3) is 0.333. The highest BCUT2D eigenvalue weighted by atomic mass is 16.5. The van der Waals surface area contributed by atoms with E-state index in [2.05, 4.69) is 5.32 Å². The lowest BCUT2D eigenvalue weighted by molar-refractivity contribution is -0.139. The van der Waals surface area contributed by atoms with Crippen molar-refractivity contribution >= 4 is 5.97 Å². The second kappa shape index (κ2) is 6.51. The maximum atomic E-state index is 10.5. The van der Waals surface area contributed by atoms with Crippen LogP contribution in [0.15, 0.2) is 24.3 Å². The predicted octanol–water partition coefficient (Wildman–Crippen LogP) is 1.000. The molecule has 1 rings (SSSR count). The zero-order valence-corrected chi connectivity index (χ0v) is 9.51. The van der Waals surface area contributed by atoms with E-state index in [-0.39, 0.29) is 0 Å². The van der Waals surface area contributed by atoms with Gasteiger partial charge < -0.3 is 15.2 Å². The molecule has 5 heteroatoms. The Morgan fingerprint density at radius 3 is 2.71 bits per heavy atom. The molecule has 0 spiro atoms. The number of hydrogen-bond donors (Lipinski definition) is 2. The second-order valence-electron chi connectivity index (χ2n) is 3.50. The molecule has 0 aliphatic rings. The molecule has 0 saturated carbocycles. The number of nitriles is 1. The van der Waals surface area contributed by atoms with E-state index < -0.39 is 12.0 Å². The van der Waals surface area contributed by atoms with E-state index in [1.165, 1.54) is 0 Å². The highest BCUT2D eigenvalue weighted by molar-refractivity contribution is 5.72. The Balaban J connectivity index is 2.27. The van der Waals surface area contributed by atoms with Crippen molar-refractivity contribution in [2.75, 3.05) is 13.2 Å². The summed E-state index contributed by atoms with van der Waals surface area (Å²) in [4.78, 5) is 10.5. The average Bonchev–Trinajstić information content (AvgIpc) is 2.35. The Kier molecular flexibility index (Phi) is 4.98. The van der Waals surface area contributed by atoms with Gasteiger partial charge in [-0.1, -0.05) is 0 Å². The summed E-state index contributed by atoms with van der Waals surface area (Å²) in [7, 11) is 0. The quantitative estimate of drug-likeness (QED) is 0.717. The van der Waals surface area contributed by atoms with Crippen molar-refractivity contribution in [1.82, 2.24) is 5.32 Å². The fourth-order valence-electron chi connectivity index (χ4n) is 1.16. The van der Waals surface area contributed by atoms with Crippen LogP contribution < -0.4 is 10.1 Å². The summed E-state index contributed by atoms with van der Waals surface area (Å²) in [5.41, 5.74) is 0.579. The molecule has 0 radical (unpaired) electrons. The van der Waals surface area contributed by atoms with Crippen LogP contribution in [0, 0.1) is 11.3 Å². The van der Waals surface area contributed by atoms with Gasteiger partial charge in [-0.2, -0.15) is 5.26 Å². The lowest BCUT2D eigenvalue weighted by Crippen LogP contribution is -2.36. The van der Waals surface area contributed by atoms with Crippen molar-refractivity contribution in [2.24, 2.45) is 0 Å². The zero-order chi connectivity index (χ0) is 12.7. The summed E-state index contributed by atoms with van der Waals surface area (Å²) < 4.78 is 5.37. The van der Waals surface area contributed by atoms with Gasteiger partial charge in [-0.15, -0.1) is 0 Å². The van der Waals surface area contributed by atoms with Gasteiger partial charge in [0.05, 0.1) is 11.6 Å². The van der Waals surface area contributed by atoms with Crippen LogP contribution >= 0.6 is 0 Å². The Bertz CT molecular complexity index is 409. The number of nitrogens with one attached hydrogen (secondary N) is 1. The number of benzene rings is 1. The predicted molar refractivity (Wildman–Crippen MR) is 61.8 cm³/mol. The number of nitrogens with zero attached hydrogens (tertiary/aromatic N) is 1. The van der Waals surface area contributed by atoms with Crippen LogP contribution in [0.1, 0.15) is 12.5 Å². The van der Waals surface area contributed by atoms with Crippen molar-refractivity contribution in [1.29, 1.82) is 5.26 Å². The minimum Gasteiger partial charge on any atom is -0.492 e. The standard InChI is InChI=1S/C12H14N2O3/c1-9(12(15)16)14-6-7-17-11-4-2-10(8-13)3-5-11/h2-5,9,14H,6-7H2,1H3,(H,15,16)/t9-/m1/s1. The SMILES string of the molecule is C[C@@H](NCCOc1ccc(C#N)cc1)C(=O)O. The molecule has 1 atom stereocenters. The molecule has 17 heavy (non-hydrogen) atoms. The van der Waals surface area contributed by atoms with Gasteiger partial charge in [0.15, 0.2) is 0 Å². The van der Waals surface area contributed by atoms with Crippen molar-refractivity contribution in [3.8, 4) is 11.8 Å². The van der Waals surface area contributed by atoms with Crippen molar-refractivity contribution in [3.63, 3.8) is 0 Å². The summed E-state index contributed by atoms with van der Waals surface area (Å²) >= 11 is 0. The molecule has 90 valence electrons. The Morgan fingerprint density at radius 1 is 1.53 bits per heavy atom. The van der Waals surface area contributed by atoms with E-state index in [1.807, 2.05) is 6.07 Å². The Morgan fingerprint density at radius 2 is 2.18 bits per heavy atom. The molecule has 1 aromatic carbocycles. The average molecular weight is 234 g/mol. The van der Waals surface area contributed by atoms with Crippen molar-refractivity contribution in [3.05, 3.63) is 29.8 Å². The van der Waals surface area contributed by atoms with E-state index in [0.29, 0.717) is 24.5 Å². The highest BCUT2D eigenvalue weighted by Crippen LogP contribution is 2.10. The number of carbonyl (C=O) groups is 1. The van der Waals surface area contributed by atoms with Gasteiger partial charge in [-0.05, 0) is 31.2 Å². The van der Waals surface area contributed by atoms with Gasteiger partial charge >= 0.3 is 5.97 Å². The van der Waals surface area contributed by atoms with E-state index in [4.69, 9.17) is 15.1 Å². The monoisotopic (exact) mass is 234 g/mol. The van der Waals surface area contributed by atoms with Gasteiger partial charge in [0.25, 0.3) is 0 Å². The lowest BCUT2D eigenvalue weighted by atomic mass is 10.2. The molecule has 0 fully saturated rings. The third-order valence-corrected chi connectivity index (χ3v) is 2.18. The molecule has 0 aliphatic carbocycles. The number of hydrogen-bond acceptors (Lipinski definition) is 4. The molecule has 0 heterocycles. The lowest BCUT2D eigenvalue weighted by Gasteiger charge is -2.10. The highest BCUT2D eigenvalue weighted by Gasteiger charge is 2.08. The van der Waals surface area contributed by atoms with Crippen LogP contribution in [0.2, 0.25) is 0 Å². The first-order valence-electron chi connectivity index (χ1n) is 5.22. The van der Waals surface area contributed by atoms with Crippen LogP contribution in [0.25, 0.3) is 0 Å². The maximum absolute atomic E-state index is 10.5. The first-order chi connectivity index (χ1) is 8.13. The Labute approximate surface area is 99.6 Å². The van der Waals surface area contributed by atoms with Crippen LogP contribution in [0.4, 0.5) is 0 Å². The number of rotatable bonds is 6. The molecule has 1 aromatic rings. The number of carboxylic acid groups (broad SMARTS) is 1. The summed E-state index contributed by atoms with van der Waals surface area (Å²) in [6, 6.07) is 8.19. The first-order valence-corrected chi connectivity index (χ1v) is 5.22. The molecule has 2 N–H and O–H groups in total. The van der Waals surface area contributed by atoms with Crippen LogP contribution in [-0.2, 0) is 4.79 Å². The fourth-order valence-corrected chi connectivity index (χ4v) is 1.16. The van der Waals surface area contributed by atoms with Crippen LogP contribution in [0.3, 0.4) is 0 Å². The van der Waals surface area contributed by atoms with Crippen LogP contribution in [-0.4, -0.2) is 30.3 Å². The number of carboxylic acids is 1. The largest absolute Gasteiger partial charge is 0.492 e. The molecular formula is C12H14N2O3. The van der Waals surface area contributed by atoms with Gasteiger partial charge in [0.1, 0.15) is 18.4 Å².